The molecule has 0 aromatic carbocycles. The Hall–Kier alpha value is 0.0649. The van der Waals surface area contributed by atoms with Crippen LogP contribution < -0.4 is 0 Å². The summed E-state index contributed by atoms with van der Waals surface area (Å²) in [6.07, 6.45) is 14.9. The molecule has 1 heteroatoms. The maximum absolute atomic E-state index is 5.45. The predicted molar refractivity (Wildman–Crippen MR) is 71.6 cm³/mol. The first-order valence-corrected chi connectivity index (χ1v) is 6.97. The van der Waals surface area contributed by atoms with E-state index in [1.54, 1.807) is 0 Å². The van der Waals surface area contributed by atoms with Crippen LogP contribution in [0.5, 0.6) is 0 Å². The Bertz CT molecular complexity index is 110. The van der Waals surface area contributed by atoms with E-state index in [-0.39, 0.29) is 0 Å². The van der Waals surface area contributed by atoms with E-state index in [2.05, 4.69) is 13.8 Å². The van der Waals surface area contributed by atoms with E-state index in [0.29, 0.717) is 0 Å². The second-order valence-electron chi connectivity index (χ2n) is 5.15. The molecular weight excluding hydrogens is 179 g/mol. The summed E-state index contributed by atoms with van der Waals surface area (Å²) in [7, 11) is 5.45. The van der Waals surface area contributed by atoms with Gasteiger partial charge in [0.25, 0.3) is 0 Å². The zero-order chi connectivity index (χ0) is 11.4. The zero-order valence-corrected chi connectivity index (χ0v) is 10.9. The van der Waals surface area contributed by atoms with Crippen molar-refractivity contribution in [2.45, 2.75) is 84.4 Å². The molecule has 0 nitrogen and oxygen atoms in total. The molecule has 0 aromatic rings. The highest BCUT2D eigenvalue weighted by Crippen LogP contribution is 2.13. The number of unbranched alkanes of at least 4 members (excludes halogenated alkanes) is 8. The van der Waals surface area contributed by atoms with Gasteiger partial charge >= 0.3 is 0 Å². The van der Waals surface area contributed by atoms with E-state index in [1.165, 1.54) is 64.2 Å². The third-order valence-electron chi connectivity index (χ3n) is 2.99. The van der Waals surface area contributed by atoms with Crippen molar-refractivity contribution in [1.82, 2.24) is 0 Å². The maximum Gasteiger partial charge on any atom is 0.0653 e. The Kier molecular flexibility index (Phi) is 12.2. The first kappa shape index (κ1) is 15.1. The molecular formula is C14H29B. The van der Waals surface area contributed by atoms with Crippen molar-refractivity contribution in [2.75, 3.05) is 0 Å². The molecule has 0 N–H and O–H groups in total. The van der Waals surface area contributed by atoms with Gasteiger partial charge in [-0.1, -0.05) is 84.4 Å². The Balaban J connectivity index is 2.87. The number of hydrogen-bond acceptors (Lipinski definition) is 0. The van der Waals surface area contributed by atoms with Gasteiger partial charge in [-0.2, -0.15) is 0 Å². The summed E-state index contributed by atoms with van der Waals surface area (Å²) in [5.74, 6) is 0.890. The van der Waals surface area contributed by atoms with Crippen molar-refractivity contribution in [1.29, 1.82) is 0 Å². The van der Waals surface area contributed by atoms with Gasteiger partial charge in [0, 0.05) is 0 Å². The first-order chi connectivity index (χ1) is 7.27. The predicted octanol–water partition coefficient (Wildman–Crippen LogP) is 5.13. The van der Waals surface area contributed by atoms with E-state index >= 15 is 0 Å². The van der Waals surface area contributed by atoms with Crippen molar-refractivity contribution in [3.8, 4) is 0 Å². The van der Waals surface area contributed by atoms with Crippen LogP contribution in [0.3, 0.4) is 0 Å². The average Bonchev–Trinajstić information content (AvgIpc) is 2.20. The summed E-state index contributed by atoms with van der Waals surface area (Å²) >= 11 is 0. The van der Waals surface area contributed by atoms with Gasteiger partial charge in [0.05, 0.1) is 7.85 Å². The Morgan fingerprint density at radius 1 is 0.667 bits per heavy atom. The lowest BCUT2D eigenvalue weighted by molar-refractivity contribution is 0.507. The largest absolute Gasteiger partial charge is 0.0887 e. The molecule has 0 heterocycles. The summed E-state index contributed by atoms with van der Waals surface area (Å²) in [5, 5.41) is 0. The molecule has 2 radical (unpaired) electrons. The third kappa shape index (κ3) is 14.1. The second-order valence-corrected chi connectivity index (χ2v) is 5.15. The second kappa shape index (κ2) is 12.1. The van der Waals surface area contributed by atoms with Gasteiger partial charge in [-0.05, 0) is 5.92 Å². The van der Waals surface area contributed by atoms with Crippen LogP contribution in [0.2, 0.25) is 6.32 Å². The maximum atomic E-state index is 5.45. The topological polar surface area (TPSA) is 0 Å². The van der Waals surface area contributed by atoms with Crippen LogP contribution in [0, 0.1) is 5.92 Å². The number of rotatable bonds is 11. The number of hydrogen-bond donors (Lipinski definition) is 0. The normalized spacial score (nSPS) is 11.1. The summed E-state index contributed by atoms with van der Waals surface area (Å²) in [6, 6.07) is 0. The summed E-state index contributed by atoms with van der Waals surface area (Å²) < 4.78 is 0. The SMILES string of the molecule is [B]CCCCCCCCCCCC(C)C. The molecule has 0 amide bonds. The van der Waals surface area contributed by atoms with E-state index in [0.717, 1.165) is 12.2 Å². The van der Waals surface area contributed by atoms with E-state index in [9.17, 15) is 0 Å². The summed E-state index contributed by atoms with van der Waals surface area (Å²) in [6.45, 7) is 4.63. The molecule has 0 aliphatic rings. The molecule has 0 aromatic heterocycles. The lowest BCUT2D eigenvalue weighted by atomic mass is 9.98. The molecule has 0 unspecified atom stereocenters. The Morgan fingerprint density at radius 3 is 1.47 bits per heavy atom. The highest BCUT2D eigenvalue weighted by atomic mass is 14.0. The Morgan fingerprint density at radius 2 is 1.07 bits per heavy atom. The van der Waals surface area contributed by atoms with Crippen LogP contribution in [0.15, 0.2) is 0 Å². The van der Waals surface area contributed by atoms with Gasteiger partial charge in [0.2, 0.25) is 0 Å². The van der Waals surface area contributed by atoms with Crippen LogP contribution in [-0.4, -0.2) is 7.85 Å². The van der Waals surface area contributed by atoms with Gasteiger partial charge in [-0.3, -0.25) is 0 Å². The van der Waals surface area contributed by atoms with Crippen molar-refractivity contribution >= 4 is 7.85 Å². The molecule has 0 fully saturated rings. The van der Waals surface area contributed by atoms with Gasteiger partial charge in [0.15, 0.2) is 0 Å². The first-order valence-electron chi connectivity index (χ1n) is 6.97. The monoisotopic (exact) mass is 208 g/mol. The fraction of sp³-hybridized carbons (Fsp3) is 1.00. The lowest BCUT2D eigenvalue weighted by Crippen LogP contribution is -1.87. The fourth-order valence-corrected chi connectivity index (χ4v) is 1.93. The van der Waals surface area contributed by atoms with E-state index < -0.39 is 0 Å². The summed E-state index contributed by atoms with van der Waals surface area (Å²) in [4.78, 5) is 0. The molecule has 0 spiro atoms. The molecule has 15 heavy (non-hydrogen) atoms. The summed E-state index contributed by atoms with van der Waals surface area (Å²) in [5.41, 5.74) is 0. The molecule has 88 valence electrons. The molecule has 0 aliphatic carbocycles. The molecule has 0 atom stereocenters. The van der Waals surface area contributed by atoms with Gasteiger partial charge in [-0.15, -0.1) is 0 Å². The van der Waals surface area contributed by atoms with Gasteiger partial charge in [-0.25, -0.2) is 0 Å². The highest BCUT2D eigenvalue weighted by Gasteiger charge is 1.94. The molecule has 0 aliphatic heterocycles. The van der Waals surface area contributed by atoms with Crippen LogP contribution >= 0.6 is 0 Å². The van der Waals surface area contributed by atoms with Crippen LogP contribution in [0.1, 0.15) is 78.1 Å². The third-order valence-corrected chi connectivity index (χ3v) is 2.99. The van der Waals surface area contributed by atoms with Gasteiger partial charge < -0.3 is 0 Å². The Labute approximate surface area is 98.6 Å². The van der Waals surface area contributed by atoms with E-state index in [1.807, 2.05) is 0 Å². The fourth-order valence-electron chi connectivity index (χ4n) is 1.93. The minimum absolute atomic E-state index is 0.870. The van der Waals surface area contributed by atoms with Gasteiger partial charge in [0.1, 0.15) is 0 Å². The molecule has 0 saturated carbocycles. The lowest BCUT2D eigenvalue weighted by Gasteiger charge is -2.04. The minimum Gasteiger partial charge on any atom is -0.0887 e. The minimum atomic E-state index is 0.870. The molecule has 0 bridgehead atoms. The quantitative estimate of drug-likeness (QED) is 0.326. The smallest absolute Gasteiger partial charge is 0.0653 e. The van der Waals surface area contributed by atoms with Crippen molar-refractivity contribution in [3.63, 3.8) is 0 Å². The molecule has 0 saturated heterocycles. The van der Waals surface area contributed by atoms with Crippen LogP contribution in [-0.2, 0) is 0 Å². The van der Waals surface area contributed by atoms with Crippen molar-refractivity contribution < 1.29 is 0 Å². The highest BCUT2D eigenvalue weighted by molar-refractivity contribution is 6.08. The standard InChI is InChI=1S/C14H29B/c1-14(2)12-10-8-6-4-3-5-7-9-11-13-15/h14H,3-13H2,1-2H3. The zero-order valence-electron chi connectivity index (χ0n) is 10.9. The van der Waals surface area contributed by atoms with Crippen LogP contribution in [0.25, 0.3) is 0 Å². The van der Waals surface area contributed by atoms with E-state index in [4.69, 9.17) is 7.85 Å². The van der Waals surface area contributed by atoms with Crippen molar-refractivity contribution in [2.24, 2.45) is 5.92 Å². The van der Waals surface area contributed by atoms with Crippen molar-refractivity contribution in [3.05, 3.63) is 0 Å². The average molecular weight is 208 g/mol. The van der Waals surface area contributed by atoms with Crippen LogP contribution in [0.4, 0.5) is 0 Å². The molecule has 0 rings (SSSR count).